The number of aromatic nitrogens is 2. The summed E-state index contributed by atoms with van der Waals surface area (Å²) in [6.45, 7) is 7.05. The number of rotatable bonds is 6. The summed E-state index contributed by atoms with van der Waals surface area (Å²) < 4.78 is 2.40. The summed E-state index contributed by atoms with van der Waals surface area (Å²) in [6.07, 6.45) is 4.47. The highest BCUT2D eigenvalue weighted by Crippen LogP contribution is 2.39. The fourth-order valence-corrected chi connectivity index (χ4v) is 7.17. The maximum absolute atomic E-state index is 13.3. The summed E-state index contributed by atoms with van der Waals surface area (Å²) in [7, 11) is 0. The van der Waals surface area contributed by atoms with Gasteiger partial charge in [-0.25, -0.2) is 4.98 Å². The highest BCUT2D eigenvalue weighted by Gasteiger charge is 2.42. The van der Waals surface area contributed by atoms with E-state index < -0.39 is 0 Å². The Morgan fingerprint density at radius 1 is 0.821 bits per heavy atom. The van der Waals surface area contributed by atoms with E-state index in [0.29, 0.717) is 6.04 Å². The Balaban J connectivity index is 1.01. The Kier molecular flexibility index (Phi) is 6.36. The first-order valence-electron chi connectivity index (χ1n) is 14.5. The predicted molar refractivity (Wildman–Crippen MR) is 156 cm³/mol. The molecule has 39 heavy (non-hydrogen) atoms. The number of anilines is 1. The Labute approximate surface area is 230 Å². The molecule has 3 aromatic carbocycles. The summed E-state index contributed by atoms with van der Waals surface area (Å²) in [5.41, 5.74) is 4.55. The first kappa shape index (κ1) is 24.4. The minimum absolute atomic E-state index is 0.0162. The van der Waals surface area contributed by atoms with Crippen LogP contribution in [0.15, 0.2) is 84.9 Å². The van der Waals surface area contributed by atoms with Crippen molar-refractivity contribution in [3.05, 3.63) is 96.1 Å². The predicted octanol–water partition coefficient (Wildman–Crippen LogP) is 5.19. The van der Waals surface area contributed by atoms with Crippen molar-refractivity contribution in [3.8, 4) is 0 Å². The summed E-state index contributed by atoms with van der Waals surface area (Å²) in [5.74, 6) is 1.32. The van der Waals surface area contributed by atoms with Gasteiger partial charge in [-0.05, 0) is 62.1 Å². The van der Waals surface area contributed by atoms with Crippen molar-refractivity contribution < 1.29 is 4.79 Å². The van der Waals surface area contributed by atoms with Crippen molar-refractivity contribution in [2.75, 3.05) is 44.2 Å². The van der Waals surface area contributed by atoms with Gasteiger partial charge in [0.1, 0.15) is 0 Å². The standard InChI is InChI=1S/C33H37N5O/c39-31(26-9-3-1-4-10-26)36-22-18-33(25-36,27-11-5-2-6-12-27)17-21-35-19-15-28(16-20-35)37-23-24-38-30-14-8-7-13-29(30)34-32(37)38/h1-14,28H,15-25H2. The zero-order valence-corrected chi connectivity index (χ0v) is 22.6. The quantitative estimate of drug-likeness (QED) is 0.352. The van der Waals surface area contributed by atoms with Gasteiger partial charge in [0.15, 0.2) is 0 Å². The number of piperidine rings is 1. The van der Waals surface area contributed by atoms with Crippen molar-refractivity contribution in [1.82, 2.24) is 19.4 Å². The second kappa shape index (κ2) is 10.2. The lowest BCUT2D eigenvalue weighted by Crippen LogP contribution is -2.46. The van der Waals surface area contributed by atoms with Crippen molar-refractivity contribution in [1.29, 1.82) is 0 Å². The molecule has 2 fully saturated rings. The molecule has 200 valence electrons. The first-order chi connectivity index (χ1) is 19.2. The molecule has 7 rings (SSSR count). The van der Waals surface area contributed by atoms with Gasteiger partial charge in [-0.3, -0.25) is 4.79 Å². The number of hydrogen-bond donors (Lipinski definition) is 0. The third-order valence-electron chi connectivity index (χ3n) is 9.41. The summed E-state index contributed by atoms with van der Waals surface area (Å²) >= 11 is 0. The van der Waals surface area contributed by atoms with Gasteiger partial charge >= 0.3 is 0 Å². The number of benzene rings is 3. The van der Waals surface area contributed by atoms with Crippen LogP contribution in [0.1, 0.15) is 41.6 Å². The van der Waals surface area contributed by atoms with Crippen LogP contribution in [0.25, 0.3) is 11.0 Å². The third-order valence-corrected chi connectivity index (χ3v) is 9.41. The molecule has 0 aliphatic carbocycles. The fraction of sp³-hybridized carbons (Fsp3) is 0.394. The van der Waals surface area contributed by atoms with Crippen LogP contribution in [0, 0.1) is 0 Å². The molecule has 4 heterocycles. The Morgan fingerprint density at radius 3 is 2.33 bits per heavy atom. The lowest BCUT2D eigenvalue weighted by Gasteiger charge is -2.39. The van der Waals surface area contributed by atoms with Crippen molar-refractivity contribution in [3.63, 3.8) is 0 Å². The molecular weight excluding hydrogens is 482 g/mol. The van der Waals surface area contributed by atoms with Gasteiger partial charge in [0, 0.05) is 56.3 Å². The lowest BCUT2D eigenvalue weighted by atomic mass is 9.76. The molecule has 3 aliphatic heterocycles. The van der Waals surface area contributed by atoms with Gasteiger partial charge in [-0.2, -0.15) is 0 Å². The number of imidazole rings is 1. The van der Waals surface area contributed by atoms with E-state index in [9.17, 15) is 4.79 Å². The van der Waals surface area contributed by atoms with E-state index in [4.69, 9.17) is 4.98 Å². The molecule has 0 N–H and O–H groups in total. The number of fused-ring (bicyclic) bond motifs is 3. The Hall–Kier alpha value is -3.64. The van der Waals surface area contributed by atoms with E-state index in [-0.39, 0.29) is 11.3 Å². The number of carbonyl (C=O) groups is 1. The van der Waals surface area contributed by atoms with Crippen LogP contribution in [-0.4, -0.2) is 70.6 Å². The molecule has 0 radical (unpaired) electrons. The summed E-state index contributed by atoms with van der Waals surface area (Å²) in [5, 5.41) is 0. The Bertz CT molecular complexity index is 1440. The average Bonchev–Trinajstić information content (AvgIpc) is 3.72. The van der Waals surface area contributed by atoms with Gasteiger partial charge < -0.3 is 19.3 Å². The molecule has 3 aliphatic rings. The number of hydrogen-bond acceptors (Lipinski definition) is 4. The van der Waals surface area contributed by atoms with Crippen LogP contribution in [0.3, 0.4) is 0 Å². The Morgan fingerprint density at radius 2 is 1.54 bits per heavy atom. The van der Waals surface area contributed by atoms with Crippen molar-refractivity contribution in [2.24, 2.45) is 0 Å². The maximum Gasteiger partial charge on any atom is 0.253 e. The van der Waals surface area contributed by atoms with E-state index in [1.54, 1.807) is 0 Å². The van der Waals surface area contributed by atoms with Crippen molar-refractivity contribution in [2.45, 2.75) is 43.7 Å². The highest BCUT2D eigenvalue weighted by molar-refractivity contribution is 5.94. The minimum atomic E-state index is 0.0162. The molecule has 0 spiro atoms. The molecule has 1 amide bonds. The topological polar surface area (TPSA) is 44.6 Å². The van der Waals surface area contributed by atoms with E-state index in [2.05, 4.69) is 73.9 Å². The zero-order chi connectivity index (χ0) is 26.2. The smallest absolute Gasteiger partial charge is 0.253 e. The molecular formula is C33H37N5O. The number of carbonyl (C=O) groups excluding carboxylic acids is 1. The second-order valence-corrected chi connectivity index (χ2v) is 11.6. The molecule has 1 unspecified atom stereocenters. The monoisotopic (exact) mass is 519 g/mol. The number of amides is 1. The second-order valence-electron chi connectivity index (χ2n) is 11.6. The van der Waals surface area contributed by atoms with Gasteiger partial charge in [0.05, 0.1) is 11.0 Å². The molecule has 1 aromatic heterocycles. The number of likely N-dealkylation sites (tertiary alicyclic amines) is 2. The largest absolute Gasteiger partial charge is 0.338 e. The number of para-hydroxylation sites is 2. The van der Waals surface area contributed by atoms with Crippen LogP contribution in [0.5, 0.6) is 0 Å². The van der Waals surface area contributed by atoms with Crippen LogP contribution in [0.4, 0.5) is 5.95 Å². The first-order valence-corrected chi connectivity index (χ1v) is 14.5. The van der Waals surface area contributed by atoms with Crippen LogP contribution >= 0.6 is 0 Å². The lowest BCUT2D eigenvalue weighted by molar-refractivity contribution is 0.0780. The van der Waals surface area contributed by atoms with E-state index in [0.717, 1.165) is 75.7 Å². The normalized spacial score (nSPS) is 22.1. The van der Waals surface area contributed by atoms with Gasteiger partial charge in [-0.15, -0.1) is 0 Å². The van der Waals surface area contributed by atoms with Crippen LogP contribution < -0.4 is 4.90 Å². The van der Waals surface area contributed by atoms with Gasteiger partial charge in [0.2, 0.25) is 5.95 Å². The molecule has 4 aromatic rings. The molecule has 0 saturated carbocycles. The SMILES string of the molecule is O=C(c1ccccc1)N1CCC(CCN2CCC(N3CCn4c3nc3ccccc34)CC2)(c2ccccc2)C1. The van der Waals surface area contributed by atoms with Gasteiger partial charge in [0.25, 0.3) is 5.91 Å². The van der Waals surface area contributed by atoms with Crippen molar-refractivity contribution >= 4 is 22.9 Å². The maximum atomic E-state index is 13.3. The van der Waals surface area contributed by atoms with Crippen LogP contribution in [0.2, 0.25) is 0 Å². The van der Waals surface area contributed by atoms with Gasteiger partial charge in [-0.1, -0.05) is 60.7 Å². The highest BCUT2D eigenvalue weighted by atomic mass is 16.2. The zero-order valence-electron chi connectivity index (χ0n) is 22.6. The third kappa shape index (κ3) is 4.51. The van der Waals surface area contributed by atoms with E-state index in [1.807, 2.05) is 30.3 Å². The van der Waals surface area contributed by atoms with E-state index >= 15 is 0 Å². The summed E-state index contributed by atoms with van der Waals surface area (Å²) in [6, 6.07) is 29.7. The fourth-order valence-electron chi connectivity index (χ4n) is 7.17. The molecule has 6 heteroatoms. The average molecular weight is 520 g/mol. The van der Waals surface area contributed by atoms with E-state index in [1.165, 1.54) is 23.9 Å². The summed E-state index contributed by atoms with van der Waals surface area (Å²) in [4.78, 5) is 25.6. The van der Waals surface area contributed by atoms with Crippen LogP contribution in [-0.2, 0) is 12.0 Å². The molecule has 2 saturated heterocycles. The number of nitrogens with zero attached hydrogens (tertiary/aromatic N) is 5. The molecule has 6 nitrogen and oxygen atoms in total. The molecule has 0 bridgehead atoms. The molecule has 1 atom stereocenters. The minimum Gasteiger partial charge on any atom is -0.338 e.